The number of nitrogens with zero attached hydrogens (tertiary/aromatic N) is 6. The Morgan fingerprint density at radius 2 is 1.88 bits per heavy atom. The summed E-state index contributed by atoms with van der Waals surface area (Å²) in [5.41, 5.74) is -0.901. The lowest BCUT2D eigenvalue weighted by molar-refractivity contribution is -0.142. The molecule has 1 amide bonds. The number of aromatic nitrogens is 3. The van der Waals surface area contributed by atoms with Gasteiger partial charge < -0.3 is 24.2 Å². The van der Waals surface area contributed by atoms with Crippen molar-refractivity contribution in [3.8, 4) is 35.4 Å². The van der Waals surface area contributed by atoms with Crippen molar-refractivity contribution in [3.05, 3.63) is 63.5 Å². The molecule has 2 aromatic carbocycles. The number of aromatic hydroxyl groups is 1. The molecule has 2 unspecified atom stereocenters. The van der Waals surface area contributed by atoms with Crippen LogP contribution in [0.2, 0.25) is 0 Å². The first-order chi connectivity index (χ1) is 27.9. The second kappa shape index (κ2) is 13.2. The summed E-state index contributed by atoms with van der Waals surface area (Å²) >= 11 is 0. The van der Waals surface area contributed by atoms with E-state index in [-0.39, 0.29) is 69.4 Å². The van der Waals surface area contributed by atoms with Gasteiger partial charge in [0.15, 0.2) is 5.82 Å². The summed E-state index contributed by atoms with van der Waals surface area (Å²) in [6.45, 7) is 4.89. The van der Waals surface area contributed by atoms with Crippen LogP contribution in [0, 0.1) is 29.9 Å². The third-order valence-electron chi connectivity index (χ3n) is 13.8. The number of alkyl halides is 2. The van der Waals surface area contributed by atoms with Gasteiger partial charge in [0.1, 0.15) is 40.8 Å². The van der Waals surface area contributed by atoms with Crippen LogP contribution >= 0.6 is 0 Å². The topological polar surface area (TPSA) is 104 Å². The van der Waals surface area contributed by atoms with Gasteiger partial charge in [0.25, 0.3) is 11.5 Å². The van der Waals surface area contributed by atoms with E-state index in [2.05, 4.69) is 21.9 Å². The number of carbonyl (C=O) groups excluding carboxylic acids is 1. The maximum absolute atomic E-state index is 17.9. The molecule has 10 nitrogen and oxygen atoms in total. The van der Waals surface area contributed by atoms with E-state index in [4.69, 9.17) is 16.1 Å². The molecular formula is C44H44F4N6O4. The average Bonchev–Trinajstić information content (AvgIpc) is 4.01. The van der Waals surface area contributed by atoms with Crippen LogP contribution in [0.15, 0.2) is 40.7 Å². The predicted molar refractivity (Wildman–Crippen MR) is 210 cm³/mol. The standard InChI is InChI=1S/C44H44F4N6O4/c1-3-25-20-43(13-7-15-52(43)22-25)24-58-41-49-36-34(38(50-41)51-17-14-42(23-51)12-5-6-16-53(42)39(56)31-21-44(31,47)48)40(57)54(27-9-10-27)37(35(36)46)30-19-28(55)18-26-8-11-32(45)29(4-2)33(26)30/h2-3,8,11,18-19,27,31,55H,5-7,9-10,12-17,20-24H2,1H3/b25-3+/t31?,42?,43-/m0/s1. The smallest absolute Gasteiger partial charge is 0.319 e. The van der Waals surface area contributed by atoms with Crippen LogP contribution < -0.4 is 15.2 Å². The highest BCUT2D eigenvalue weighted by atomic mass is 19.3. The third kappa shape index (κ3) is 5.70. The number of pyridine rings is 1. The molecular weight excluding hydrogens is 753 g/mol. The Kier molecular flexibility index (Phi) is 8.44. The Morgan fingerprint density at radius 1 is 1.07 bits per heavy atom. The van der Waals surface area contributed by atoms with E-state index in [1.54, 1.807) is 4.90 Å². The second-order valence-electron chi connectivity index (χ2n) is 17.3. The van der Waals surface area contributed by atoms with Gasteiger partial charge in [-0.15, -0.1) is 6.42 Å². The molecule has 302 valence electrons. The van der Waals surface area contributed by atoms with Crippen molar-refractivity contribution >= 4 is 33.4 Å². The quantitative estimate of drug-likeness (QED) is 0.120. The molecule has 6 fully saturated rings. The van der Waals surface area contributed by atoms with Gasteiger partial charge in [-0.2, -0.15) is 9.97 Å². The number of phenolic OH excluding ortho intramolecular Hbond substituents is 1. The monoisotopic (exact) mass is 796 g/mol. The zero-order chi connectivity index (χ0) is 40.3. The largest absolute Gasteiger partial charge is 0.508 e. The number of anilines is 1. The minimum Gasteiger partial charge on any atom is -0.508 e. The molecule has 10 rings (SSSR count). The number of piperidine rings is 1. The molecule has 6 heterocycles. The number of ether oxygens (including phenoxy) is 1. The van der Waals surface area contributed by atoms with E-state index >= 15 is 13.6 Å². The van der Waals surface area contributed by atoms with Gasteiger partial charge >= 0.3 is 6.01 Å². The lowest BCUT2D eigenvalue weighted by atomic mass is 9.85. The number of fused-ring (bicyclic) bond motifs is 3. The Morgan fingerprint density at radius 3 is 2.62 bits per heavy atom. The molecule has 3 atom stereocenters. The number of rotatable bonds is 7. The summed E-state index contributed by atoms with van der Waals surface area (Å²) in [5, 5.41) is 11.4. The van der Waals surface area contributed by atoms with Gasteiger partial charge in [-0.05, 0) is 94.8 Å². The lowest BCUT2D eigenvalue weighted by Gasteiger charge is -2.45. The zero-order valence-corrected chi connectivity index (χ0v) is 32.3. The number of likely N-dealkylation sites (tertiary alicyclic amines) is 1. The van der Waals surface area contributed by atoms with E-state index in [0.717, 1.165) is 38.8 Å². The Labute approximate surface area is 332 Å². The number of phenols is 1. The van der Waals surface area contributed by atoms with Gasteiger partial charge in [0, 0.05) is 49.6 Å². The highest BCUT2D eigenvalue weighted by molar-refractivity contribution is 6.03. The molecule has 4 aromatic rings. The summed E-state index contributed by atoms with van der Waals surface area (Å²) in [6.07, 6.45) is 13.9. The summed E-state index contributed by atoms with van der Waals surface area (Å²) in [6, 6.07) is 4.79. The molecule has 2 aromatic heterocycles. The van der Waals surface area contributed by atoms with Gasteiger partial charge in [-0.1, -0.05) is 23.6 Å². The molecule has 6 aliphatic rings. The molecule has 4 aliphatic heterocycles. The molecule has 1 spiro atoms. The molecule has 2 aliphatic carbocycles. The van der Waals surface area contributed by atoms with Gasteiger partial charge in [-0.3, -0.25) is 14.5 Å². The highest BCUT2D eigenvalue weighted by Crippen LogP contribution is 2.52. The molecule has 0 radical (unpaired) electrons. The summed E-state index contributed by atoms with van der Waals surface area (Å²) in [4.78, 5) is 44.1. The van der Waals surface area contributed by atoms with Crippen LogP contribution in [0.25, 0.3) is 32.9 Å². The van der Waals surface area contributed by atoms with E-state index in [0.29, 0.717) is 50.6 Å². The molecule has 58 heavy (non-hydrogen) atoms. The van der Waals surface area contributed by atoms with Gasteiger partial charge in [-0.25, -0.2) is 17.6 Å². The molecule has 2 saturated carbocycles. The number of amides is 1. The first-order valence-electron chi connectivity index (χ1n) is 20.4. The molecule has 4 saturated heterocycles. The number of terminal acetylenes is 1. The number of hydrogen-bond acceptors (Lipinski definition) is 8. The number of hydrogen-bond donors (Lipinski definition) is 1. The molecule has 0 bridgehead atoms. The number of allylic oxidation sites excluding steroid dienone is 1. The van der Waals surface area contributed by atoms with Crippen LogP contribution in [0.3, 0.4) is 0 Å². The van der Waals surface area contributed by atoms with E-state index in [1.807, 2.05) is 11.8 Å². The normalized spacial score (nSPS) is 27.2. The maximum atomic E-state index is 17.9. The van der Waals surface area contributed by atoms with Crippen molar-refractivity contribution in [2.45, 2.75) is 94.2 Å². The summed E-state index contributed by atoms with van der Waals surface area (Å²) in [5.74, 6) is -4.18. The van der Waals surface area contributed by atoms with Crippen molar-refractivity contribution in [1.29, 1.82) is 0 Å². The van der Waals surface area contributed by atoms with Crippen molar-refractivity contribution in [2.24, 2.45) is 5.92 Å². The Hall–Kier alpha value is -5.16. The first kappa shape index (κ1) is 37.1. The van der Waals surface area contributed by atoms with Crippen LogP contribution in [0.4, 0.5) is 23.4 Å². The summed E-state index contributed by atoms with van der Waals surface area (Å²) in [7, 11) is 0. The average molecular weight is 797 g/mol. The first-order valence-corrected chi connectivity index (χ1v) is 20.4. The highest BCUT2D eigenvalue weighted by Gasteiger charge is 2.64. The van der Waals surface area contributed by atoms with E-state index < -0.39 is 52.9 Å². The van der Waals surface area contributed by atoms with E-state index in [1.165, 1.54) is 34.4 Å². The predicted octanol–water partition coefficient (Wildman–Crippen LogP) is 7.09. The van der Waals surface area contributed by atoms with Gasteiger partial charge in [0.2, 0.25) is 5.91 Å². The van der Waals surface area contributed by atoms with E-state index in [9.17, 15) is 18.7 Å². The minimum absolute atomic E-state index is 0.0483. The fourth-order valence-corrected chi connectivity index (χ4v) is 10.5. The Bertz CT molecular complexity index is 2570. The number of carbonyl (C=O) groups is 1. The van der Waals surface area contributed by atoms with Crippen molar-refractivity contribution in [2.75, 3.05) is 44.2 Å². The van der Waals surface area contributed by atoms with Crippen molar-refractivity contribution in [3.63, 3.8) is 0 Å². The maximum Gasteiger partial charge on any atom is 0.319 e. The third-order valence-corrected chi connectivity index (χ3v) is 13.8. The fourth-order valence-electron chi connectivity index (χ4n) is 10.5. The minimum atomic E-state index is -3.01. The lowest BCUT2D eigenvalue weighted by Crippen LogP contribution is -2.57. The van der Waals surface area contributed by atoms with Gasteiger partial charge in [0.05, 0.1) is 22.3 Å². The number of halogens is 4. The van der Waals surface area contributed by atoms with Crippen LogP contribution in [-0.4, -0.2) is 91.7 Å². The molecule has 1 N–H and O–H groups in total. The molecule has 14 heteroatoms. The van der Waals surface area contributed by atoms with Crippen molar-refractivity contribution in [1.82, 2.24) is 24.3 Å². The van der Waals surface area contributed by atoms with Crippen LogP contribution in [0.5, 0.6) is 11.8 Å². The second-order valence-corrected chi connectivity index (χ2v) is 17.3. The van der Waals surface area contributed by atoms with Crippen LogP contribution in [0.1, 0.15) is 82.7 Å². The Balaban J connectivity index is 1.15. The summed E-state index contributed by atoms with van der Waals surface area (Å²) < 4.78 is 69.5. The zero-order valence-electron chi connectivity index (χ0n) is 32.3. The van der Waals surface area contributed by atoms with Crippen molar-refractivity contribution < 1.29 is 32.2 Å². The van der Waals surface area contributed by atoms with Crippen LogP contribution in [-0.2, 0) is 4.79 Å². The SMILES string of the molecule is C#Cc1c(F)ccc2cc(O)cc(-c3c(F)c4nc(OC[C@@]56CCCN5C/C(=C/C)C6)nc(N5CCC6(CCCCN6C(=O)C6CC6(F)F)C5)c4c(=O)n3C3CC3)c12. The fraction of sp³-hybridized carbons (Fsp3) is 0.500. The number of benzene rings is 2.